The smallest absolute Gasteiger partial charge is 0.354 e. The van der Waals surface area contributed by atoms with Gasteiger partial charge in [0.2, 0.25) is 0 Å². The molecule has 0 aromatic carbocycles. The van der Waals surface area contributed by atoms with Crippen LogP contribution in [0.15, 0.2) is 36.4 Å². The van der Waals surface area contributed by atoms with Gasteiger partial charge in [0.15, 0.2) is 0 Å². The maximum absolute atomic E-state index is 11.3. The van der Waals surface area contributed by atoms with E-state index in [2.05, 4.69) is 14.9 Å². The molecule has 2 N–H and O–H groups in total. The number of hydrogen-bond donors (Lipinski definition) is 2. The molecule has 3 atom stereocenters. The fourth-order valence-corrected chi connectivity index (χ4v) is 5.30. The molecule has 1 saturated heterocycles. The summed E-state index contributed by atoms with van der Waals surface area (Å²) in [5, 5.41) is 18.6. The average molecular weight is 572 g/mol. The van der Waals surface area contributed by atoms with Gasteiger partial charge in [0.05, 0.1) is 44.3 Å². The van der Waals surface area contributed by atoms with Gasteiger partial charge in [-0.2, -0.15) is 0 Å². The number of fused-ring (bicyclic) bond motifs is 1. The lowest BCUT2D eigenvalue weighted by Crippen LogP contribution is -2.34. The number of aromatic nitrogens is 2. The average Bonchev–Trinajstić information content (AvgIpc) is 3.41. The van der Waals surface area contributed by atoms with Crippen LogP contribution in [0.5, 0.6) is 0 Å². The van der Waals surface area contributed by atoms with E-state index < -0.39 is 11.9 Å². The topological polar surface area (TPSA) is 141 Å². The molecule has 2 aromatic heterocycles. The summed E-state index contributed by atoms with van der Waals surface area (Å²) in [6.45, 7) is 4.95. The normalized spacial score (nSPS) is 24.1. The van der Waals surface area contributed by atoms with Gasteiger partial charge in [-0.25, -0.2) is 19.6 Å². The van der Waals surface area contributed by atoms with E-state index in [1.54, 1.807) is 12.1 Å². The van der Waals surface area contributed by atoms with Crippen molar-refractivity contribution in [3.63, 3.8) is 0 Å². The number of carboxylic acid groups (broad SMARTS) is 2. The number of hydrogen-bond acceptors (Lipinski definition) is 9. The van der Waals surface area contributed by atoms with Gasteiger partial charge in [-0.3, -0.25) is 4.90 Å². The van der Waals surface area contributed by atoms with Crippen molar-refractivity contribution < 1.29 is 38.7 Å². The van der Waals surface area contributed by atoms with Crippen LogP contribution in [0.25, 0.3) is 0 Å². The molecule has 1 aliphatic heterocycles. The summed E-state index contributed by atoms with van der Waals surface area (Å²) in [6.07, 6.45) is 5.35. The third kappa shape index (κ3) is 10.4. The van der Waals surface area contributed by atoms with Crippen molar-refractivity contribution in [2.75, 3.05) is 52.7 Å². The van der Waals surface area contributed by atoms with Crippen LogP contribution < -0.4 is 0 Å². The molecule has 0 spiro atoms. The molecule has 11 nitrogen and oxygen atoms in total. The summed E-state index contributed by atoms with van der Waals surface area (Å²) in [6, 6.07) is 10.2. The van der Waals surface area contributed by atoms with E-state index in [9.17, 15) is 19.8 Å². The second-order valence-corrected chi connectivity index (χ2v) is 10.5. The predicted molar refractivity (Wildman–Crippen MR) is 149 cm³/mol. The number of pyridine rings is 2. The number of carbonyl (C=O) groups is 2. The van der Waals surface area contributed by atoms with Gasteiger partial charge >= 0.3 is 11.9 Å². The lowest BCUT2D eigenvalue weighted by Gasteiger charge is -2.26. The van der Waals surface area contributed by atoms with Crippen LogP contribution >= 0.6 is 0 Å². The van der Waals surface area contributed by atoms with E-state index in [1.807, 2.05) is 12.1 Å². The molecule has 0 amide bonds. The molecule has 2 aromatic rings. The molecular formula is C30H41N3O8. The minimum Gasteiger partial charge on any atom is -0.477 e. The first-order valence-corrected chi connectivity index (χ1v) is 14.5. The van der Waals surface area contributed by atoms with Crippen molar-refractivity contribution in [3.05, 3.63) is 59.2 Å². The van der Waals surface area contributed by atoms with Gasteiger partial charge in [-0.15, -0.1) is 0 Å². The van der Waals surface area contributed by atoms with E-state index in [0.717, 1.165) is 37.8 Å². The SMILES string of the molecule is O=C(O)c1cccc(CC2CCOCCOCCN(Cc3cccc(C(=O)O)n3)CCOC3CCCC3OCC2)n1. The molecule has 0 bridgehead atoms. The maximum Gasteiger partial charge on any atom is 0.354 e. The van der Waals surface area contributed by atoms with Crippen molar-refractivity contribution in [1.29, 1.82) is 0 Å². The number of ether oxygens (including phenoxy) is 4. The highest BCUT2D eigenvalue weighted by Gasteiger charge is 2.29. The fraction of sp³-hybridized carbons (Fsp3) is 0.600. The van der Waals surface area contributed by atoms with Gasteiger partial charge < -0.3 is 29.2 Å². The molecule has 0 radical (unpaired) electrons. The van der Waals surface area contributed by atoms with Gasteiger partial charge in [0, 0.05) is 38.5 Å². The Hall–Kier alpha value is -2.96. The van der Waals surface area contributed by atoms with Crippen molar-refractivity contribution in [3.8, 4) is 0 Å². The Kier molecular flexibility index (Phi) is 12.5. The highest BCUT2D eigenvalue weighted by molar-refractivity contribution is 5.85. The summed E-state index contributed by atoms with van der Waals surface area (Å²) < 4.78 is 24.3. The maximum atomic E-state index is 11.3. The first-order valence-electron chi connectivity index (χ1n) is 14.5. The van der Waals surface area contributed by atoms with Crippen molar-refractivity contribution >= 4 is 11.9 Å². The Labute approximate surface area is 240 Å². The fourth-order valence-electron chi connectivity index (χ4n) is 5.30. The van der Waals surface area contributed by atoms with E-state index in [1.165, 1.54) is 12.1 Å². The third-order valence-electron chi connectivity index (χ3n) is 7.52. The monoisotopic (exact) mass is 571 g/mol. The zero-order chi connectivity index (χ0) is 28.9. The Morgan fingerprint density at radius 3 is 2.02 bits per heavy atom. The van der Waals surface area contributed by atoms with E-state index in [0.29, 0.717) is 71.4 Å². The van der Waals surface area contributed by atoms with E-state index >= 15 is 0 Å². The summed E-state index contributed by atoms with van der Waals surface area (Å²) >= 11 is 0. The quantitative estimate of drug-likeness (QED) is 0.528. The molecule has 4 rings (SSSR count). The molecule has 1 saturated carbocycles. The van der Waals surface area contributed by atoms with Gasteiger partial charge in [-0.05, 0) is 68.7 Å². The highest BCUT2D eigenvalue weighted by Crippen LogP contribution is 2.26. The van der Waals surface area contributed by atoms with Crippen molar-refractivity contribution in [2.24, 2.45) is 5.92 Å². The number of nitrogens with zero attached hydrogens (tertiary/aromatic N) is 3. The summed E-state index contributed by atoms with van der Waals surface area (Å²) in [4.78, 5) is 33.4. The molecule has 3 unspecified atom stereocenters. The number of carboxylic acids is 2. The van der Waals surface area contributed by atoms with Gasteiger partial charge in [0.1, 0.15) is 11.4 Å². The summed E-state index contributed by atoms with van der Waals surface area (Å²) in [5.41, 5.74) is 1.54. The standard InChI is InChI=1S/C30H41N3O8/c34-29(35)25-6-1-4-23(31-25)20-22-10-14-38-18-19-39-16-12-33(21-24-5-2-7-26(32-24)30(36)37)13-17-41-28-9-3-8-27(28)40-15-11-22/h1-2,4-7,22,27-28H,3,8-21H2,(H,34,35)(H,36,37). The largest absolute Gasteiger partial charge is 0.477 e. The van der Waals surface area contributed by atoms with Crippen LogP contribution in [-0.2, 0) is 31.9 Å². The lowest BCUT2D eigenvalue weighted by molar-refractivity contribution is -0.0651. The number of rotatable bonds is 6. The van der Waals surface area contributed by atoms with Crippen LogP contribution in [0, 0.1) is 5.92 Å². The minimum absolute atomic E-state index is 0.0340. The molecule has 1 aliphatic carbocycles. The molecule has 224 valence electrons. The van der Waals surface area contributed by atoms with Crippen LogP contribution in [0.2, 0.25) is 0 Å². The number of aromatic carboxylic acids is 2. The zero-order valence-electron chi connectivity index (χ0n) is 23.5. The van der Waals surface area contributed by atoms with Gasteiger partial charge in [0.25, 0.3) is 0 Å². The Balaban J connectivity index is 1.34. The first kappa shape index (κ1) is 31.0. The Morgan fingerprint density at radius 1 is 0.732 bits per heavy atom. The molecule has 41 heavy (non-hydrogen) atoms. The van der Waals surface area contributed by atoms with Crippen molar-refractivity contribution in [2.45, 2.75) is 57.3 Å². The molecule has 2 aliphatic rings. The second kappa shape index (κ2) is 16.5. The van der Waals surface area contributed by atoms with Gasteiger partial charge in [-0.1, -0.05) is 12.1 Å². The summed E-state index contributed by atoms with van der Waals surface area (Å²) in [5.74, 6) is -1.82. The van der Waals surface area contributed by atoms with E-state index in [-0.39, 0.29) is 29.5 Å². The Morgan fingerprint density at radius 2 is 1.32 bits per heavy atom. The molecule has 11 heteroatoms. The predicted octanol–water partition coefficient (Wildman–Crippen LogP) is 3.32. The van der Waals surface area contributed by atoms with Crippen LogP contribution in [-0.4, -0.2) is 102 Å². The highest BCUT2D eigenvalue weighted by atomic mass is 16.5. The minimum atomic E-state index is -1.04. The zero-order valence-corrected chi connectivity index (χ0v) is 23.5. The summed E-state index contributed by atoms with van der Waals surface area (Å²) in [7, 11) is 0. The van der Waals surface area contributed by atoms with E-state index in [4.69, 9.17) is 18.9 Å². The lowest BCUT2D eigenvalue weighted by atomic mass is 9.96. The molecular weight excluding hydrogens is 530 g/mol. The van der Waals surface area contributed by atoms with Crippen molar-refractivity contribution in [1.82, 2.24) is 14.9 Å². The third-order valence-corrected chi connectivity index (χ3v) is 7.52. The molecule has 3 heterocycles. The Bertz CT molecular complexity index is 1030. The first-order chi connectivity index (χ1) is 20.0. The van der Waals surface area contributed by atoms with Crippen LogP contribution in [0.4, 0.5) is 0 Å². The second-order valence-electron chi connectivity index (χ2n) is 10.5. The molecule has 2 fully saturated rings. The van der Waals surface area contributed by atoms with Crippen LogP contribution in [0.3, 0.4) is 0 Å². The van der Waals surface area contributed by atoms with Crippen LogP contribution in [0.1, 0.15) is 64.5 Å².